The first-order valence-electron chi connectivity index (χ1n) is 7.85. The fourth-order valence-corrected chi connectivity index (χ4v) is 3.03. The smallest absolute Gasteiger partial charge is 0.229 e. The number of nitrogen functional groups attached to an aromatic ring is 1. The summed E-state index contributed by atoms with van der Waals surface area (Å²) in [6.45, 7) is 2.06. The first-order valence-corrected chi connectivity index (χ1v) is 8.95. The van der Waals surface area contributed by atoms with Gasteiger partial charge in [-0.2, -0.15) is 0 Å². The van der Waals surface area contributed by atoms with Gasteiger partial charge in [0.1, 0.15) is 5.82 Å². The maximum absolute atomic E-state index is 11.2. The van der Waals surface area contributed by atoms with E-state index in [9.17, 15) is 4.55 Å². The van der Waals surface area contributed by atoms with Crippen LogP contribution in [0.4, 0.5) is 11.6 Å². The topological polar surface area (TPSA) is 119 Å². The van der Waals surface area contributed by atoms with Crippen molar-refractivity contribution in [3.8, 4) is 0 Å². The highest BCUT2D eigenvalue weighted by molar-refractivity contribution is 7.13. The van der Waals surface area contributed by atoms with Gasteiger partial charge >= 0.3 is 0 Å². The Morgan fingerprint density at radius 2 is 2.04 bits per heavy atom. The molecule has 3 N–H and O–H groups in total. The molecule has 0 aromatic carbocycles. The molecule has 0 saturated carbocycles. The zero-order chi connectivity index (χ0) is 17.5. The van der Waals surface area contributed by atoms with Gasteiger partial charge in [-0.15, -0.1) is 4.37 Å². The predicted octanol–water partition coefficient (Wildman–Crippen LogP) is 1.51. The average Bonchev–Trinajstić information content (AvgIpc) is 2.96. The summed E-state index contributed by atoms with van der Waals surface area (Å²) in [5, 5.41) is 0. The molecule has 0 radical (unpaired) electrons. The summed E-state index contributed by atoms with van der Waals surface area (Å²) < 4.78 is 17.5. The van der Waals surface area contributed by atoms with E-state index in [4.69, 9.17) is 5.73 Å². The number of pyridine rings is 2. The van der Waals surface area contributed by atoms with Gasteiger partial charge in [0.2, 0.25) is 11.3 Å². The molecule has 3 aromatic rings. The average molecular weight is 357 g/mol. The van der Waals surface area contributed by atoms with E-state index in [2.05, 4.69) is 28.6 Å². The van der Waals surface area contributed by atoms with Crippen LogP contribution in [-0.2, 0) is 6.54 Å². The SMILES string of the molecule is Nc1n[s+]([O-])[nH]c1=NCCCN(Cc1ccncc1)c1ccccn1. The number of anilines is 2. The third kappa shape index (κ3) is 4.85. The van der Waals surface area contributed by atoms with Crippen LogP contribution in [0.2, 0.25) is 0 Å². The van der Waals surface area contributed by atoms with Crippen LogP contribution in [0, 0.1) is 0 Å². The molecule has 1 unspecified atom stereocenters. The van der Waals surface area contributed by atoms with Crippen LogP contribution in [0.25, 0.3) is 0 Å². The molecule has 0 saturated heterocycles. The summed E-state index contributed by atoms with van der Waals surface area (Å²) in [5.74, 6) is 1.10. The number of hydrogen-bond acceptors (Lipinski definition) is 7. The predicted molar refractivity (Wildman–Crippen MR) is 96.2 cm³/mol. The minimum atomic E-state index is -1.50. The number of nitrogens with two attached hydrogens (primary N) is 1. The maximum Gasteiger partial charge on any atom is 0.229 e. The maximum atomic E-state index is 11.2. The molecule has 0 aliphatic carbocycles. The van der Waals surface area contributed by atoms with Crippen LogP contribution in [0.3, 0.4) is 0 Å². The van der Waals surface area contributed by atoms with Gasteiger partial charge in [-0.05, 0) is 36.2 Å². The van der Waals surface area contributed by atoms with Crippen molar-refractivity contribution >= 4 is 22.8 Å². The van der Waals surface area contributed by atoms with E-state index in [0.29, 0.717) is 12.0 Å². The number of rotatable bonds is 7. The van der Waals surface area contributed by atoms with E-state index in [-0.39, 0.29) is 5.82 Å². The van der Waals surface area contributed by atoms with E-state index in [1.165, 1.54) is 0 Å². The van der Waals surface area contributed by atoms with Crippen LogP contribution in [0.1, 0.15) is 12.0 Å². The molecule has 8 nitrogen and oxygen atoms in total. The molecule has 3 heterocycles. The lowest BCUT2D eigenvalue weighted by Gasteiger charge is -2.23. The van der Waals surface area contributed by atoms with Crippen LogP contribution in [0.15, 0.2) is 53.9 Å². The van der Waals surface area contributed by atoms with Crippen molar-refractivity contribution in [3.05, 3.63) is 60.0 Å². The Balaban J connectivity index is 1.66. The van der Waals surface area contributed by atoms with Crippen molar-refractivity contribution in [3.63, 3.8) is 0 Å². The van der Waals surface area contributed by atoms with Crippen molar-refractivity contribution in [1.82, 2.24) is 18.7 Å². The number of H-pyrrole nitrogens is 1. The highest BCUT2D eigenvalue weighted by atomic mass is 32.2. The van der Waals surface area contributed by atoms with Crippen LogP contribution in [0.5, 0.6) is 0 Å². The molecule has 1 atom stereocenters. The molecular weight excluding hydrogens is 338 g/mol. The Hall–Kier alpha value is -2.78. The third-order valence-electron chi connectivity index (χ3n) is 3.56. The van der Waals surface area contributed by atoms with Gasteiger partial charge in [0.25, 0.3) is 0 Å². The number of hydrogen-bond donors (Lipinski definition) is 2. The summed E-state index contributed by atoms with van der Waals surface area (Å²) >= 11 is -1.50. The number of nitrogens with zero attached hydrogens (tertiary/aromatic N) is 5. The fraction of sp³-hybridized carbons (Fsp3) is 0.250. The zero-order valence-corrected chi connectivity index (χ0v) is 14.4. The molecule has 25 heavy (non-hydrogen) atoms. The van der Waals surface area contributed by atoms with Gasteiger partial charge in [-0.25, -0.2) is 4.98 Å². The summed E-state index contributed by atoms with van der Waals surface area (Å²) in [4.78, 5) is 15.0. The second-order valence-electron chi connectivity index (χ2n) is 5.38. The quantitative estimate of drug-likeness (QED) is 0.488. The standard InChI is InChI=1S/C16H19N7OS/c17-15-16(22-25(24)21-15)20-8-3-11-23(14-4-1-2-7-19-14)12-13-5-9-18-10-6-13/h1-2,4-7,9-10H,3,8,11-12H2,(H2,17,21)(H,20,22). The van der Waals surface area contributed by atoms with Crippen molar-refractivity contribution < 1.29 is 4.55 Å². The molecule has 130 valence electrons. The molecule has 3 rings (SSSR count). The molecule has 9 heteroatoms. The lowest BCUT2D eigenvalue weighted by molar-refractivity contribution is 0.584. The second-order valence-corrected chi connectivity index (χ2v) is 6.26. The van der Waals surface area contributed by atoms with Crippen LogP contribution in [-0.4, -0.2) is 36.4 Å². The zero-order valence-electron chi connectivity index (χ0n) is 13.6. The number of aromatic nitrogens is 4. The first-order chi connectivity index (χ1) is 12.2. The Morgan fingerprint density at radius 3 is 2.72 bits per heavy atom. The Morgan fingerprint density at radius 1 is 1.20 bits per heavy atom. The molecule has 0 aliphatic rings. The summed E-state index contributed by atoms with van der Waals surface area (Å²) in [5.41, 5.74) is 7.20. The summed E-state index contributed by atoms with van der Waals surface area (Å²) in [6.07, 6.45) is 6.15. The molecule has 0 amide bonds. The molecule has 3 aromatic heterocycles. The molecule has 0 aliphatic heterocycles. The number of nitrogens with one attached hydrogen (secondary N) is 1. The van der Waals surface area contributed by atoms with E-state index < -0.39 is 11.1 Å². The molecular formula is C16H19N7OS. The summed E-state index contributed by atoms with van der Waals surface area (Å²) in [6, 6.07) is 9.83. The summed E-state index contributed by atoms with van der Waals surface area (Å²) in [7, 11) is 0. The van der Waals surface area contributed by atoms with E-state index in [1.807, 2.05) is 30.3 Å². The lowest BCUT2D eigenvalue weighted by atomic mass is 10.2. The van der Waals surface area contributed by atoms with E-state index in [1.54, 1.807) is 18.6 Å². The van der Waals surface area contributed by atoms with Gasteiger partial charge in [-0.3, -0.25) is 9.98 Å². The highest BCUT2D eigenvalue weighted by Crippen LogP contribution is 2.14. The highest BCUT2D eigenvalue weighted by Gasteiger charge is 2.08. The second kappa shape index (κ2) is 8.36. The van der Waals surface area contributed by atoms with Gasteiger partial charge in [0.15, 0.2) is 11.1 Å². The largest absolute Gasteiger partial charge is 0.548 e. The Bertz CT molecular complexity index is 848. The molecule has 0 bridgehead atoms. The number of aromatic amines is 1. The van der Waals surface area contributed by atoms with E-state index in [0.717, 1.165) is 30.9 Å². The van der Waals surface area contributed by atoms with Crippen LogP contribution >= 0.6 is 11.1 Å². The minimum absolute atomic E-state index is 0.191. The van der Waals surface area contributed by atoms with Gasteiger partial charge < -0.3 is 15.2 Å². The van der Waals surface area contributed by atoms with Gasteiger partial charge in [0.05, 0.1) is 0 Å². The third-order valence-corrected chi connectivity index (χ3v) is 4.29. The Labute approximate surface area is 148 Å². The van der Waals surface area contributed by atoms with E-state index >= 15 is 0 Å². The fourth-order valence-electron chi connectivity index (χ4n) is 2.38. The lowest BCUT2D eigenvalue weighted by Crippen LogP contribution is -2.25. The molecule has 0 fully saturated rings. The Kier molecular flexibility index (Phi) is 5.70. The van der Waals surface area contributed by atoms with Crippen molar-refractivity contribution in [2.75, 3.05) is 23.7 Å². The van der Waals surface area contributed by atoms with Crippen molar-refractivity contribution in [2.24, 2.45) is 4.99 Å². The van der Waals surface area contributed by atoms with Crippen molar-refractivity contribution in [2.45, 2.75) is 13.0 Å². The van der Waals surface area contributed by atoms with Crippen molar-refractivity contribution in [1.29, 1.82) is 0 Å². The van der Waals surface area contributed by atoms with Gasteiger partial charge in [-0.1, -0.05) is 6.07 Å². The minimum Gasteiger partial charge on any atom is -0.548 e. The van der Waals surface area contributed by atoms with Crippen LogP contribution < -0.4 is 16.1 Å². The normalized spacial score (nSPS) is 12.4. The molecule has 0 spiro atoms. The first kappa shape index (κ1) is 17.1. The van der Waals surface area contributed by atoms with Gasteiger partial charge in [0, 0.05) is 42.6 Å². The monoisotopic (exact) mass is 357 g/mol.